The summed E-state index contributed by atoms with van der Waals surface area (Å²) < 4.78 is 25.4. The third-order valence-corrected chi connectivity index (χ3v) is 5.45. The molecule has 1 fully saturated rings. The summed E-state index contributed by atoms with van der Waals surface area (Å²) in [4.78, 5) is 14.2. The first-order chi connectivity index (χ1) is 11.3. The maximum atomic E-state index is 12.3. The van der Waals surface area contributed by atoms with Gasteiger partial charge in [0.25, 0.3) is 0 Å². The molecule has 1 saturated carbocycles. The van der Waals surface area contributed by atoms with Crippen LogP contribution >= 0.6 is 0 Å². The molecular weight excluding hydrogens is 326 g/mol. The van der Waals surface area contributed by atoms with Gasteiger partial charge in [0.05, 0.1) is 11.9 Å². The van der Waals surface area contributed by atoms with Gasteiger partial charge in [0.15, 0.2) is 0 Å². The molecule has 0 spiro atoms. The number of benzene rings is 1. The van der Waals surface area contributed by atoms with E-state index in [1.54, 1.807) is 12.1 Å². The standard InChI is InChI=1S/C17H27N3O3S/c1-19(2)15-9-11-16(12-10-15)20(24(3,22)23)13-17(21)18-14-7-5-4-6-8-14/h9-12,14H,4-8,13H2,1-3H3,(H,18,21). The number of carbonyl (C=O) groups excluding carboxylic acids is 1. The molecule has 24 heavy (non-hydrogen) atoms. The van der Waals surface area contributed by atoms with E-state index in [9.17, 15) is 13.2 Å². The Kier molecular flexibility index (Phi) is 6.10. The second-order valence-corrected chi connectivity index (χ2v) is 8.49. The predicted molar refractivity (Wildman–Crippen MR) is 98.0 cm³/mol. The third-order valence-electron chi connectivity index (χ3n) is 4.31. The van der Waals surface area contributed by atoms with Crippen molar-refractivity contribution in [1.29, 1.82) is 0 Å². The van der Waals surface area contributed by atoms with Gasteiger partial charge in [-0.1, -0.05) is 19.3 Å². The molecule has 0 radical (unpaired) electrons. The number of carbonyl (C=O) groups is 1. The lowest BCUT2D eigenvalue weighted by atomic mass is 9.95. The lowest BCUT2D eigenvalue weighted by molar-refractivity contribution is -0.120. The van der Waals surface area contributed by atoms with Crippen molar-refractivity contribution in [2.24, 2.45) is 0 Å². The first-order valence-electron chi connectivity index (χ1n) is 8.32. The normalized spacial score (nSPS) is 15.8. The van der Waals surface area contributed by atoms with Crippen LogP contribution in [-0.4, -0.2) is 47.3 Å². The van der Waals surface area contributed by atoms with E-state index in [0.29, 0.717) is 5.69 Å². The average Bonchev–Trinajstić information content (AvgIpc) is 2.52. The van der Waals surface area contributed by atoms with E-state index in [4.69, 9.17) is 0 Å². The van der Waals surface area contributed by atoms with Crippen LogP contribution in [-0.2, 0) is 14.8 Å². The Morgan fingerprint density at radius 2 is 1.62 bits per heavy atom. The van der Waals surface area contributed by atoms with E-state index in [-0.39, 0.29) is 18.5 Å². The van der Waals surface area contributed by atoms with Gasteiger partial charge in [-0.2, -0.15) is 0 Å². The third kappa shape index (κ3) is 5.12. The van der Waals surface area contributed by atoms with Crippen LogP contribution in [0.5, 0.6) is 0 Å². The van der Waals surface area contributed by atoms with Crippen molar-refractivity contribution in [3.8, 4) is 0 Å². The summed E-state index contributed by atoms with van der Waals surface area (Å²) in [5.74, 6) is -0.246. The number of hydrogen-bond acceptors (Lipinski definition) is 4. The second kappa shape index (κ2) is 7.88. The van der Waals surface area contributed by atoms with Gasteiger partial charge in [0, 0.05) is 25.8 Å². The molecular formula is C17H27N3O3S. The van der Waals surface area contributed by atoms with Crippen molar-refractivity contribution in [3.05, 3.63) is 24.3 Å². The average molecular weight is 353 g/mol. The molecule has 1 aliphatic rings. The van der Waals surface area contributed by atoms with Crippen LogP contribution in [0.25, 0.3) is 0 Å². The summed E-state index contributed by atoms with van der Waals surface area (Å²) in [5, 5.41) is 2.97. The molecule has 1 N–H and O–H groups in total. The van der Waals surface area contributed by atoms with E-state index in [1.807, 2.05) is 31.1 Å². The lowest BCUT2D eigenvalue weighted by Crippen LogP contribution is -2.44. The van der Waals surface area contributed by atoms with Crippen molar-refractivity contribution >= 4 is 27.3 Å². The monoisotopic (exact) mass is 353 g/mol. The molecule has 0 saturated heterocycles. The van der Waals surface area contributed by atoms with E-state index < -0.39 is 10.0 Å². The van der Waals surface area contributed by atoms with Crippen LogP contribution in [0, 0.1) is 0 Å². The second-order valence-electron chi connectivity index (χ2n) is 6.58. The van der Waals surface area contributed by atoms with E-state index >= 15 is 0 Å². The SMILES string of the molecule is CN(C)c1ccc(N(CC(=O)NC2CCCCC2)S(C)(=O)=O)cc1. The molecule has 1 amide bonds. The Balaban J connectivity index is 2.09. The Hall–Kier alpha value is -1.76. The maximum absolute atomic E-state index is 12.3. The van der Waals surface area contributed by atoms with Crippen LogP contribution < -0.4 is 14.5 Å². The van der Waals surface area contributed by atoms with Crippen molar-refractivity contribution in [3.63, 3.8) is 0 Å². The molecule has 0 unspecified atom stereocenters. The largest absolute Gasteiger partial charge is 0.378 e. The Morgan fingerprint density at radius 3 is 2.12 bits per heavy atom. The highest BCUT2D eigenvalue weighted by Gasteiger charge is 2.23. The molecule has 1 aromatic carbocycles. The Labute approximate surface area is 144 Å². The number of nitrogens with zero attached hydrogens (tertiary/aromatic N) is 2. The lowest BCUT2D eigenvalue weighted by Gasteiger charge is -2.26. The minimum atomic E-state index is -3.53. The van der Waals surface area contributed by atoms with Crippen molar-refractivity contribution in [1.82, 2.24) is 5.32 Å². The zero-order valence-electron chi connectivity index (χ0n) is 14.7. The quantitative estimate of drug-likeness (QED) is 0.849. The van der Waals surface area contributed by atoms with Gasteiger partial charge in [-0.05, 0) is 37.1 Å². The summed E-state index contributed by atoms with van der Waals surface area (Å²) in [6.07, 6.45) is 6.52. The van der Waals surface area contributed by atoms with Gasteiger partial charge in [0.2, 0.25) is 15.9 Å². The van der Waals surface area contributed by atoms with Crippen LogP contribution in [0.2, 0.25) is 0 Å². The van der Waals surface area contributed by atoms with Gasteiger partial charge < -0.3 is 10.2 Å². The molecule has 7 heteroatoms. The molecule has 0 atom stereocenters. The van der Waals surface area contributed by atoms with E-state index in [2.05, 4.69) is 5.32 Å². The minimum Gasteiger partial charge on any atom is -0.378 e. The molecule has 0 aromatic heterocycles. The number of anilines is 2. The van der Waals surface area contributed by atoms with Crippen molar-refractivity contribution in [2.75, 3.05) is 36.1 Å². The van der Waals surface area contributed by atoms with Crippen molar-refractivity contribution in [2.45, 2.75) is 38.1 Å². The molecule has 0 aliphatic heterocycles. The van der Waals surface area contributed by atoms with Crippen molar-refractivity contribution < 1.29 is 13.2 Å². The summed E-state index contributed by atoms with van der Waals surface area (Å²) in [7, 11) is 0.307. The predicted octanol–water partition coefficient (Wildman–Crippen LogP) is 1.97. The topological polar surface area (TPSA) is 69.7 Å². The molecule has 1 aliphatic carbocycles. The molecule has 6 nitrogen and oxygen atoms in total. The zero-order chi connectivity index (χ0) is 17.7. The van der Waals surface area contributed by atoms with Crippen LogP contribution in [0.1, 0.15) is 32.1 Å². The summed E-state index contributed by atoms with van der Waals surface area (Å²) >= 11 is 0. The van der Waals surface area contributed by atoms with Gasteiger partial charge in [-0.15, -0.1) is 0 Å². The molecule has 134 valence electrons. The number of rotatable bonds is 6. The highest BCUT2D eigenvalue weighted by molar-refractivity contribution is 7.92. The number of sulfonamides is 1. The first kappa shape index (κ1) is 18.6. The van der Waals surface area contributed by atoms with Gasteiger partial charge in [0.1, 0.15) is 6.54 Å². The molecule has 1 aromatic rings. The number of hydrogen-bond donors (Lipinski definition) is 1. The minimum absolute atomic E-state index is 0.170. The number of amides is 1. The Bertz CT molecular complexity index is 650. The fraction of sp³-hybridized carbons (Fsp3) is 0.588. The maximum Gasteiger partial charge on any atom is 0.240 e. The fourth-order valence-corrected chi connectivity index (χ4v) is 3.82. The first-order valence-corrected chi connectivity index (χ1v) is 10.2. The van der Waals surface area contributed by atoms with Crippen LogP contribution in [0.4, 0.5) is 11.4 Å². The van der Waals surface area contributed by atoms with Crippen LogP contribution in [0.15, 0.2) is 24.3 Å². The highest BCUT2D eigenvalue weighted by Crippen LogP contribution is 2.22. The Morgan fingerprint density at radius 1 is 1.08 bits per heavy atom. The van der Waals surface area contributed by atoms with Gasteiger partial charge in [-0.25, -0.2) is 8.42 Å². The smallest absolute Gasteiger partial charge is 0.240 e. The summed E-state index contributed by atoms with van der Waals surface area (Å²) in [6.45, 7) is -0.184. The van der Waals surface area contributed by atoms with E-state index in [1.165, 1.54) is 6.42 Å². The summed E-state index contributed by atoms with van der Waals surface area (Å²) in [5.41, 5.74) is 1.47. The van der Waals surface area contributed by atoms with Gasteiger partial charge in [-0.3, -0.25) is 9.10 Å². The van der Waals surface area contributed by atoms with Gasteiger partial charge >= 0.3 is 0 Å². The number of nitrogens with one attached hydrogen (secondary N) is 1. The molecule has 2 rings (SSSR count). The van der Waals surface area contributed by atoms with E-state index in [0.717, 1.165) is 41.9 Å². The van der Waals surface area contributed by atoms with Crippen LogP contribution in [0.3, 0.4) is 0 Å². The zero-order valence-corrected chi connectivity index (χ0v) is 15.5. The molecule has 0 bridgehead atoms. The summed E-state index contributed by atoms with van der Waals surface area (Å²) in [6, 6.07) is 7.30. The fourth-order valence-electron chi connectivity index (χ4n) is 2.97. The highest BCUT2D eigenvalue weighted by atomic mass is 32.2. The molecule has 0 heterocycles.